The minimum absolute atomic E-state index is 0.212. The van der Waals surface area contributed by atoms with Crippen LogP contribution in [-0.4, -0.2) is 29.1 Å². The summed E-state index contributed by atoms with van der Waals surface area (Å²) in [5, 5.41) is 9.20. The van der Waals surface area contributed by atoms with E-state index in [1.165, 1.54) is 6.07 Å². The summed E-state index contributed by atoms with van der Waals surface area (Å²) in [6.45, 7) is 2.26. The number of nitrogens with zero attached hydrogens (tertiary/aromatic N) is 1. The second-order valence-electron chi connectivity index (χ2n) is 5.06. The molecule has 1 fully saturated rings. The second kappa shape index (κ2) is 6.35. The van der Waals surface area contributed by atoms with Gasteiger partial charge in [0.2, 0.25) is 0 Å². The van der Waals surface area contributed by atoms with Crippen LogP contribution in [0.5, 0.6) is 0 Å². The van der Waals surface area contributed by atoms with Crippen LogP contribution in [0, 0.1) is 11.7 Å². The van der Waals surface area contributed by atoms with E-state index in [-0.39, 0.29) is 12.2 Å². The smallest absolute Gasteiger partial charge is 0.303 e. The van der Waals surface area contributed by atoms with Gasteiger partial charge in [-0.2, -0.15) is 0 Å². The zero-order chi connectivity index (χ0) is 13.8. The van der Waals surface area contributed by atoms with Gasteiger partial charge in [-0.05, 0) is 43.5 Å². The first-order valence-corrected chi connectivity index (χ1v) is 6.80. The normalized spacial score (nSPS) is 19.8. The molecule has 1 atom stereocenters. The Morgan fingerprint density at radius 3 is 3.05 bits per heavy atom. The van der Waals surface area contributed by atoms with Crippen LogP contribution >= 0.6 is 11.6 Å². The molecule has 104 valence electrons. The summed E-state index contributed by atoms with van der Waals surface area (Å²) in [6, 6.07) is 4.58. The predicted molar refractivity (Wildman–Crippen MR) is 71.7 cm³/mol. The highest BCUT2D eigenvalue weighted by Gasteiger charge is 2.23. The van der Waals surface area contributed by atoms with E-state index in [0.717, 1.165) is 19.5 Å². The molecule has 0 bridgehead atoms. The number of halogens is 2. The number of carboxylic acids is 1. The maximum atomic E-state index is 13.6. The van der Waals surface area contributed by atoms with Crippen LogP contribution in [-0.2, 0) is 11.3 Å². The molecule has 0 saturated carbocycles. The van der Waals surface area contributed by atoms with Gasteiger partial charge in [0, 0.05) is 30.1 Å². The van der Waals surface area contributed by atoms with Gasteiger partial charge >= 0.3 is 5.97 Å². The van der Waals surface area contributed by atoms with Gasteiger partial charge in [0.05, 0.1) is 0 Å². The largest absolute Gasteiger partial charge is 0.481 e. The Balaban J connectivity index is 1.87. The molecule has 0 radical (unpaired) electrons. The van der Waals surface area contributed by atoms with Crippen molar-refractivity contribution >= 4 is 17.6 Å². The zero-order valence-corrected chi connectivity index (χ0v) is 11.4. The lowest BCUT2D eigenvalue weighted by atomic mass is 10.0. The highest BCUT2D eigenvalue weighted by atomic mass is 35.5. The summed E-state index contributed by atoms with van der Waals surface area (Å²) in [5.74, 6) is -0.587. The first kappa shape index (κ1) is 14.3. The van der Waals surface area contributed by atoms with E-state index in [4.69, 9.17) is 16.7 Å². The third-order valence-corrected chi connectivity index (χ3v) is 3.77. The molecule has 1 heterocycles. The number of rotatable bonds is 5. The van der Waals surface area contributed by atoms with E-state index in [9.17, 15) is 9.18 Å². The number of likely N-dealkylation sites (tertiary alicyclic amines) is 1. The third-order valence-electron chi connectivity index (χ3n) is 3.54. The number of hydrogen-bond donors (Lipinski definition) is 1. The Hall–Kier alpha value is -1.13. The maximum Gasteiger partial charge on any atom is 0.303 e. The molecule has 0 aliphatic carbocycles. The number of carboxylic acid groups (broad SMARTS) is 1. The van der Waals surface area contributed by atoms with Gasteiger partial charge < -0.3 is 5.11 Å². The fraction of sp³-hybridized carbons (Fsp3) is 0.500. The fourth-order valence-corrected chi connectivity index (χ4v) is 2.72. The SMILES string of the molecule is O=C(O)CCC1CCN(Cc2cc(Cl)ccc2F)C1. The van der Waals surface area contributed by atoms with Crippen molar-refractivity contribution in [2.75, 3.05) is 13.1 Å². The molecule has 5 heteroatoms. The van der Waals surface area contributed by atoms with Crippen molar-refractivity contribution in [2.24, 2.45) is 5.92 Å². The average Bonchev–Trinajstić information content (AvgIpc) is 2.79. The monoisotopic (exact) mass is 285 g/mol. The maximum absolute atomic E-state index is 13.6. The van der Waals surface area contributed by atoms with Crippen LogP contribution in [0.25, 0.3) is 0 Å². The van der Waals surface area contributed by atoms with Gasteiger partial charge in [-0.3, -0.25) is 9.69 Å². The van der Waals surface area contributed by atoms with E-state index in [0.29, 0.717) is 29.5 Å². The summed E-state index contributed by atoms with van der Waals surface area (Å²) in [4.78, 5) is 12.7. The standard InChI is InChI=1S/C14H17ClFNO2/c15-12-2-3-13(16)11(7-12)9-17-6-5-10(8-17)1-4-14(18)19/h2-3,7,10H,1,4-6,8-9H2,(H,18,19). The quantitative estimate of drug-likeness (QED) is 0.903. The highest BCUT2D eigenvalue weighted by Crippen LogP contribution is 2.24. The van der Waals surface area contributed by atoms with Gasteiger partial charge in [-0.1, -0.05) is 11.6 Å². The molecule has 0 aromatic heterocycles. The molecule has 0 spiro atoms. The summed E-state index contributed by atoms with van der Waals surface area (Å²) >= 11 is 5.87. The van der Waals surface area contributed by atoms with E-state index in [2.05, 4.69) is 4.90 Å². The Morgan fingerprint density at radius 1 is 1.53 bits per heavy atom. The summed E-state index contributed by atoms with van der Waals surface area (Å²) in [7, 11) is 0. The Bertz CT molecular complexity index is 467. The van der Waals surface area contributed by atoms with Crippen molar-refractivity contribution in [3.8, 4) is 0 Å². The topological polar surface area (TPSA) is 40.5 Å². The lowest BCUT2D eigenvalue weighted by molar-refractivity contribution is -0.137. The zero-order valence-electron chi connectivity index (χ0n) is 10.6. The van der Waals surface area contributed by atoms with Crippen LogP contribution in [0.15, 0.2) is 18.2 Å². The minimum atomic E-state index is -0.751. The molecule has 3 nitrogen and oxygen atoms in total. The van der Waals surface area contributed by atoms with Gasteiger partial charge in [0.25, 0.3) is 0 Å². The molecule has 1 aliphatic heterocycles. The molecule has 2 rings (SSSR count). The fourth-order valence-electron chi connectivity index (χ4n) is 2.53. The van der Waals surface area contributed by atoms with Gasteiger partial charge in [0.15, 0.2) is 0 Å². The molecular weight excluding hydrogens is 269 g/mol. The van der Waals surface area contributed by atoms with Gasteiger partial charge in [0.1, 0.15) is 5.82 Å². The number of carbonyl (C=O) groups is 1. The molecular formula is C14H17ClFNO2. The first-order chi connectivity index (χ1) is 9.04. The summed E-state index contributed by atoms with van der Waals surface area (Å²) in [6.07, 6.45) is 1.89. The Labute approximate surface area is 117 Å². The van der Waals surface area contributed by atoms with E-state index >= 15 is 0 Å². The molecule has 0 amide bonds. The summed E-state index contributed by atoms with van der Waals surface area (Å²) in [5.41, 5.74) is 0.603. The van der Waals surface area contributed by atoms with Crippen molar-refractivity contribution in [3.63, 3.8) is 0 Å². The van der Waals surface area contributed by atoms with Crippen LogP contribution in [0.1, 0.15) is 24.8 Å². The highest BCUT2D eigenvalue weighted by molar-refractivity contribution is 6.30. The van der Waals surface area contributed by atoms with Crippen molar-refractivity contribution in [1.82, 2.24) is 4.90 Å². The first-order valence-electron chi connectivity index (χ1n) is 6.42. The van der Waals surface area contributed by atoms with Crippen LogP contribution in [0.4, 0.5) is 4.39 Å². The molecule has 1 aromatic carbocycles. The average molecular weight is 286 g/mol. The van der Waals surface area contributed by atoms with Crippen molar-refractivity contribution < 1.29 is 14.3 Å². The number of aliphatic carboxylic acids is 1. The number of benzene rings is 1. The van der Waals surface area contributed by atoms with Crippen molar-refractivity contribution in [1.29, 1.82) is 0 Å². The minimum Gasteiger partial charge on any atom is -0.481 e. The van der Waals surface area contributed by atoms with E-state index in [1.54, 1.807) is 12.1 Å². The van der Waals surface area contributed by atoms with E-state index < -0.39 is 5.97 Å². The molecule has 1 aromatic rings. The predicted octanol–water partition coefficient (Wildman–Crippen LogP) is 3.17. The Kier molecular flexibility index (Phi) is 4.77. The molecule has 1 unspecified atom stereocenters. The lowest BCUT2D eigenvalue weighted by Gasteiger charge is -2.16. The molecule has 1 aliphatic rings. The number of hydrogen-bond acceptors (Lipinski definition) is 2. The molecule has 19 heavy (non-hydrogen) atoms. The van der Waals surface area contributed by atoms with E-state index in [1.807, 2.05) is 0 Å². The Morgan fingerprint density at radius 2 is 2.32 bits per heavy atom. The van der Waals surface area contributed by atoms with Crippen molar-refractivity contribution in [2.45, 2.75) is 25.8 Å². The van der Waals surface area contributed by atoms with Crippen LogP contribution < -0.4 is 0 Å². The van der Waals surface area contributed by atoms with Gasteiger partial charge in [-0.15, -0.1) is 0 Å². The van der Waals surface area contributed by atoms with Crippen LogP contribution in [0.2, 0.25) is 5.02 Å². The third kappa shape index (κ3) is 4.18. The van der Waals surface area contributed by atoms with Crippen molar-refractivity contribution in [3.05, 3.63) is 34.6 Å². The lowest BCUT2D eigenvalue weighted by Crippen LogP contribution is -2.21. The van der Waals surface area contributed by atoms with Crippen LogP contribution in [0.3, 0.4) is 0 Å². The summed E-state index contributed by atoms with van der Waals surface area (Å²) < 4.78 is 13.6. The second-order valence-corrected chi connectivity index (χ2v) is 5.49. The van der Waals surface area contributed by atoms with Gasteiger partial charge in [-0.25, -0.2) is 4.39 Å². The molecule has 1 N–H and O–H groups in total. The molecule has 1 saturated heterocycles.